The van der Waals surface area contributed by atoms with Crippen LogP contribution in [0, 0.1) is 0 Å². The number of rotatable bonds is 10. The maximum absolute atomic E-state index is 12.9. The second-order valence-corrected chi connectivity index (χ2v) is 12.6. The smallest absolute Gasteiger partial charge is 0.326 e. The normalized spacial score (nSPS) is 20.4. The summed E-state index contributed by atoms with van der Waals surface area (Å²) in [7, 11) is -3.89. The Morgan fingerprint density at radius 2 is 1.70 bits per heavy atom. The first-order chi connectivity index (χ1) is 19.2. The van der Waals surface area contributed by atoms with Crippen molar-refractivity contribution in [1.29, 1.82) is 0 Å². The Bertz CT molecular complexity index is 1520. The molecule has 3 aromatic rings. The molecule has 0 aromatic heterocycles. The molecule has 1 saturated heterocycles. The van der Waals surface area contributed by atoms with Gasteiger partial charge in [0.2, 0.25) is 0 Å². The molecule has 0 spiro atoms. The Balaban J connectivity index is 1.23. The van der Waals surface area contributed by atoms with Crippen molar-refractivity contribution in [3.63, 3.8) is 0 Å². The van der Waals surface area contributed by atoms with E-state index in [9.17, 15) is 18.0 Å². The lowest BCUT2D eigenvalue weighted by molar-refractivity contribution is -0.119. The quantitative estimate of drug-likeness (QED) is 0.361. The van der Waals surface area contributed by atoms with Crippen molar-refractivity contribution in [3.05, 3.63) is 89.5 Å². The van der Waals surface area contributed by atoms with Crippen LogP contribution in [0.1, 0.15) is 42.9 Å². The van der Waals surface area contributed by atoms with Gasteiger partial charge in [-0.2, -0.15) is 8.42 Å². The lowest BCUT2D eigenvalue weighted by Crippen LogP contribution is -2.42. The molecule has 40 heavy (non-hydrogen) atoms. The molecule has 2 N–H and O–H groups in total. The minimum Gasteiger partial charge on any atom is -0.489 e. The van der Waals surface area contributed by atoms with Gasteiger partial charge in [-0.25, -0.2) is 14.0 Å². The van der Waals surface area contributed by atoms with Crippen molar-refractivity contribution in [2.75, 3.05) is 16.2 Å². The zero-order chi connectivity index (χ0) is 28.3. The molecule has 2 heterocycles. The predicted octanol–water partition coefficient (Wildman–Crippen LogP) is 4.61. The van der Waals surface area contributed by atoms with Crippen molar-refractivity contribution < 1.29 is 22.7 Å². The number of aliphatic imine (C=N–C) groups is 1. The predicted molar refractivity (Wildman–Crippen MR) is 158 cm³/mol. The van der Waals surface area contributed by atoms with Crippen LogP contribution < -0.4 is 19.1 Å². The third kappa shape index (κ3) is 6.00. The third-order valence-electron chi connectivity index (χ3n) is 7.03. The number of benzene rings is 3. The molecule has 1 fully saturated rings. The Labute approximate surface area is 238 Å². The van der Waals surface area contributed by atoms with E-state index in [1.165, 1.54) is 22.9 Å². The summed E-state index contributed by atoms with van der Waals surface area (Å²) in [6, 6.07) is 22.7. The van der Waals surface area contributed by atoms with Crippen molar-refractivity contribution in [1.82, 2.24) is 4.72 Å². The van der Waals surface area contributed by atoms with Crippen molar-refractivity contribution in [3.8, 4) is 5.75 Å². The molecule has 0 bridgehead atoms. The highest BCUT2D eigenvalue weighted by molar-refractivity contribution is 8.14. The van der Waals surface area contributed by atoms with Crippen LogP contribution >= 0.6 is 11.8 Å². The van der Waals surface area contributed by atoms with Gasteiger partial charge in [-0.3, -0.25) is 9.59 Å². The monoisotopic (exact) mass is 578 g/mol. The van der Waals surface area contributed by atoms with Crippen LogP contribution in [-0.2, 0) is 32.8 Å². The summed E-state index contributed by atoms with van der Waals surface area (Å²) in [5.74, 6) is 0.458. The fraction of sp³-hybridized carbons (Fsp3) is 0.276. The van der Waals surface area contributed by atoms with Crippen LogP contribution in [0.2, 0.25) is 0 Å². The average molecular weight is 579 g/mol. The van der Waals surface area contributed by atoms with E-state index in [2.05, 4.69) is 36.3 Å². The van der Waals surface area contributed by atoms with E-state index in [1.807, 2.05) is 41.1 Å². The molecular formula is C29H30N4O5S2. The van der Waals surface area contributed by atoms with Crippen molar-refractivity contribution >= 4 is 50.7 Å². The van der Waals surface area contributed by atoms with Crippen LogP contribution in [0.25, 0.3) is 0 Å². The molecule has 2 unspecified atom stereocenters. The summed E-state index contributed by atoms with van der Waals surface area (Å²) in [5, 5.41) is 3.29. The van der Waals surface area contributed by atoms with Crippen LogP contribution in [0.3, 0.4) is 0 Å². The molecule has 9 nitrogen and oxygen atoms in total. The SMILES string of the molecule is CCC(C)c1ccc(OCc2ccc(CC3(Nc4ccc(N5CC(=O)NS5(=O)=O)cc4)SC=NC3=O)cc2)cc1. The standard InChI is InChI=1S/C29H30N4O5S2/c1-3-20(2)23-8-14-26(15-9-23)38-18-22-6-4-21(5-7-22)16-29(28(35)30-19-39-29)31-24-10-12-25(13-11-24)33-17-27(34)32-40(33,36)37/h4-15,19-20,31H,3,16-18H2,1-2H3,(H,32,34). The highest BCUT2D eigenvalue weighted by Crippen LogP contribution is 2.36. The van der Waals surface area contributed by atoms with Gasteiger partial charge in [0.05, 0.1) is 11.2 Å². The topological polar surface area (TPSA) is 117 Å². The Kier molecular flexibility index (Phi) is 7.86. The van der Waals surface area contributed by atoms with Crippen LogP contribution in [-0.4, -0.2) is 37.2 Å². The largest absolute Gasteiger partial charge is 0.489 e. The lowest BCUT2D eigenvalue weighted by atomic mass is 9.99. The van der Waals surface area contributed by atoms with Gasteiger partial charge in [0.25, 0.3) is 11.8 Å². The molecule has 2 amide bonds. The number of carbonyl (C=O) groups is 2. The lowest BCUT2D eigenvalue weighted by Gasteiger charge is -2.28. The molecule has 0 saturated carbocycles. The maximum atomic E-state index is 12.9. The number of nitrogens with zero attached hydrogens (tertiary/aromatic N) is 2. The summed E-state index contributed by atoms with van der Waals surface area (Å²) in [4.78, 5) is 27.4. The first-order valence-corrected chi connectivity index (χ1v) is 15.3. The van der Waals surface area contributed by atoms with E-state index in [0.717, 1.165) is 27.6 Å². The molecule has 2 aliphatic heterocycles. The van der Waals surface area contributed by atoms with Crippen molar-refractivity contribution in [2.24, 2.45) is 4.99 Å². The van der Waals surface area contributed by atoms with Gasteiger partial charge in [0.1, 0.15) is 18.9 Å². The second-order valence-electron chi connectivity index (χ2n) is 9.85. The number of ether oxygens (including phenoxy) is 1. The number of nitrogens with one attached hydrogen (secondary N) is 2. The molecule has 0 radical (unpaired) electrons. The fourth-order valence-corrected chi connectivity index (χ4v) is 6.58. The van der Waals surface area contributed by atoms with E-state index in [1.54, 1.807) is 24.3 Å². The number of hydrogen-bond donors (Lipinski definition) is 2. The zero-order valence-electron chi connectivity index (χ0n) is 22.2. The summed E-state index contributed by atoms with van der Waals surface area (Å²) < 4.78 is 33.2. The summed E-state index contributed by atoms with van der Waals surface area (Å²) in [6.45, 7) is 4.55. The third-order valence-corrected chi connectivity index (χ3v) is 9.47. The molecule has 11 heteroatoms. The van der Waals surface area contributed by atoms with Gasteiger partial charge in [0.15, 0.2) is 4.87 Å². The highest BCUT2D eigenvalue weighted by atomic mass is 32.2. The van der Waals surface area contributed by atoms with Gasteiger partial charge in [0, 0.05) is 12.1 Å². The summed E-state index contributed by atoms with van der Waals surface area (Å²) in [6.07, 6.45) is 1.48. The minimum atomic E-state index is -3.89. The Hall–Kier alpha value is -3.83. The fourth-order valence-electron chi connectivity index (χ4n) is 4.52. The number of anilines is 2. The Morgan fingerprint density at radius 3 is 2.27 bits per heavy atom. The number of amides is 2. The van der Waals surface area contributed by atoms with Crippen LogP contribution in [0.15, 0.2) is 77.8 Å². The van der Waals surface area contributed by atoms with Crippen molar-refractivity contribution in [2.45, 2.75) is 44.1 Å². The number of carbonyl (C=O) groups excluding carboxylic acids is 2. The highest BCUT2D eigenvalue weighted by Gasteiger charge is 2.42. The van der Waals surface area contributed by atoms with Gasteiger partial charge in [-0.1, -0.05) is 62.0 Å². The molecule has 5 rings (SSSR count). The van der Waals surface area contributed by atoms with Gasteiger partial charge in [-0.15, -0.1) is 0 Å². The van der Waals surface area contributed by atoms with E-state index >= 15 is 0 Å². The molecule has 2 atom stereocenters. The summed E-state index contributed by atoms with van der Waals surface area (Å²) in [5.41, 5.74) is 5.77. The summed E-state index contributed by atoms with van der Waals surface area (Å²) >= 11 is 1.30. The van der Waals surface area contributed by atoms with Crippen LogP contribution in [0.5, 0.6) is 5.75 Å². The van der Waals surface area contributed by atoms with Gasteiger partial charge < -0.3 is 10.1 Å². The minimum absolute atomic E-state index is 0.271. The van der Waals surface area contributed by atoms with Gasteiger partial charge in [-0.05, 0) is 65.4 Å². The van der Waals surface area contributed by atoms with E-state index in [4.69, 9.17) is 4.74 Å². The zero-order valence-corrected chi connectivity index (χ0v) is 23.8. The molecular weight excluding hydrogens is 548 g/mol. The molecule has 208 valence electrons. The maximum Gasteiger partial charge on any atom is 0.326 e. The van der Waals surface area contributed by atoms with Crippen LogP contribution in [0.4, 0.5) is 11.4 Å². The van der Waals surface area contributed by atoms with E-state index < -0.39 is 21.0 Å². The van der Waals surface area contributed by atoms with Gasteiger partial charge >= 0.3 is 10.2 Å². The number of hydrogen-bond acceptors (Lipinski definition) is 7. The number of thioether (sulfide) groups is 1. The molecule has 2 aliphatic rings. The van der Waals surface area contributed by atoms with E-state index in [-0.39, 0.29) is 12.5 Å². The molecule has 0 aliphatic carbocycles. The first kappa shape index (κ1) is 27.7. The van der Waals surface area contributed by atoms with E-state index in [0.29, 0.717) is 30.3 Å². The average Bonchev–Trinajstić information content (AvgIpc) is 3.44. The first-order valence-electron chi connectivity index (χ1n) is 12.9. The molecule has 3 aromatic carbocycles. The Morgan fingerprint density at radius 1 is 1.02 bits per heavy atom. The second kappa shape index (κ2) is 11.3.